The van der Waals surface area contributed by atoms with E-state index in [1.807, 2.05) is 25.1 Å². The Morgan fingerprint density at radius 2 is 1.85 bits per heavy atom. The SMILES string of the molecule is CN(C)CCCNC(=O)N(CC(=O)O)c1ccccc1. The lowest BCUT2D eigenvalue weighted by Crippen LogP contribution is -2.43. The number of aliphatic carboxylic acids is 1. The third-order valence-corrected chi connectivity index (χ3v) is 2.66. The Morgan fingerprint density at radius 1 is 1.20 bits per heavy atom. The molecule has 0 atom stereocenters. The molecule has 0 bridgehead atoms. The van der Waals surface area contributed by atoms with E-state index in [2.05, 4.69) is 5.32 Å². The highest BCUT2D eigenvalue weighted by atomic mass is 16.4. The van der Waals surface area contributed by atoms with Gasteiger partial charge in [-0.25, -0.2) is 4.79 Å². The number of nitrogens with zero attached hydrogens (tertiary/aromatic N) is 2. The number of carboxylic acids is 1. The molecule has 0 aliphatic carbocycles. The van der Waals surface area contributed by atoms with E-state index in [9.17, 15) is 9.59 Å². The van der Waals surface area contributed by atoms with Crippen molar-refractivity contribution < 1.29 is 14.7 Å². The maximum Gasteiger partial charge on any atom is 0.323 e. The van der Waals surface area contributed by atoms with E-state index in [1.54, 1.807) is 24.3 Å². The molecular weight excluding hydrogens is 258 g/mol. The molecule has 0 aliphatic heterocycles. The molecule has 0 aliphatic rings. The number of hydrogen-bond donors (Lipinski definition) is 2. The van der Waals surface area contributed by atoms with Crippen LogP contribution in [-0.2, 0) is 4.79 Å². The molecule has 0 spiro atoms. The van der Waals surface area contributed by atoms with E-state index >= 15 is 0 Å². The number of hydrogen-bond acceptors (Lipinski definition) is 3. The normalized spacial score (nSPS) is 10.3. The van der Waals surface area contributed by atoms with Crippen molar-refractivity contribution >= 4 is 17.7 Å². The highest BCUT2D eigenvalue weighted by Gasteiger charge is 2.17. The van der Waals surface area contributed by atoms with Gasteiger partial charge in [-0.1, -0.05) is 18.2 Å². The van der Waals surface area contributed by atoms with E-state index < -0.39 is 12.0 Å². The molecule has 1 aromatic carbocycles. The van der Waals surface area contributed by atoms with Gasteiger partial charge in [-0.05, 0) is 39.2 Å². The summed E-state index contributed by atoms with van der Waals surface area (Å²) in [4.78, 5) is 26.2. The quantitative estimate of drug-likeness (QED) is 0.737. The van der Waals surface area contributed by atoms with Crippen molar-refractivity contribution in [3.8, 4) is 0 Å². The van der Waals surface area contributed by atoms with E-state index in [0.29, 0.717) is 12.2 Å². The molecule has 2 N–H and O–H groups in total. The van der Waals surface area contributed by atoms with Gasteiger partial charge >= 0.3 is 12.0 Å². The Hall–Kier alpha value is -2.08. The van der Waals surface area contributed by atoms with Crippen LogP contribution in [0.15, 0.2) is 30.3 Å². The second kappa shape index (κ2) is 8.16. The molecule has 6 nitrogen and oxygen atoms in total. The smallest absolute Gasteiger partial charge is 0.323 e. The average molecular weight is 279 g/mol. The zero-order valence-corrected chi connectivity index (χ0v) is 11.9. The number of nitrogens with one attached hydrogen (secondary N) is 1. The van der Waals surface area contributed by atoms with Crippen molar-refractivity contribution in [1.82, 2.24) is 10.2 Å². The Labute approximate surface area is 119 Å². The number of carboxylic acid groups (broad SMARTS) is 1. The van der Waals surface area contributed by atoms with Crippen molar-refractivity contribution in [2.75, 3.05) is 38.6 Å². The summed E-state index contributed by atoms with van der Waals surface area (Å²) >= 11 is 0. The van der Waals surface area contributed by atoms with E-state index in [-0.39, 0.29) is 6.54 Å². The van der Waals surface area contributed by atoms with Gasteiger partial charge in [-0.3, -0.25) is 9.69 Å². The average Bonchev–Trinajstić information content (AvgIpc) is 2.41. The Morgan fingerprint density at radius 3 is 2.40 bits per heavy atom. The van der Waals surface area contributed by atoms with Crippen molar-refractivity contribution in [1.29, 1.82) is 0 Å². The molecule has 0 radical (unpaired) electrons. The summed E-state index contributed by atoms with van der Waals surface area (Å²) in [7, 11) is 3.92. The minimum Gasteiger partial charge on any atom is -0.480 e. The summed E-state index contributed by atoms with van der Waals surface area (Å²) in [6, 6.07) is 8.38. The third kappa shape index (κ3) is 5.71. The van der Waals surface area contributed by atoms with E-state index in [4.69, 9.17) is 5.11 Å². The Bertz CT molecular complexity index is 435. The Kier molecular flexibility index (Phi) is 6.52. The lowest BCUT2D eigenvalue weighted by atomic mass is 10.3. The van der Waals surface area contributed by atoms with Crippen LogP contribution in [0.5, 0.6) is 0 Å². The van der Waals surface area contributed by atoms with Crippen LogP contribution < -0.4 is 10.2 Å². The summed E-state index contributed by atoms with van der Waals surface area (Å²) in [6.45, 7) is 1.02. The fourth-order valence-corrected chi connectivity index (χ4v) is 1.71. The standard InChI is InChI=1S/C14H21N3O3/c1-16(2)10-6-9-15-14(20)17(11-13(18)19)12-7-4-3-5-8-12/h3-5,7-8H,6,9-11H2,1-2H3,(H,15,20)(H,18,19). The number of carbonyl (C=O) groups is 2. The minimum absolute atomic E-state index is 0.358. The molecule has 1 rings (SSSR count). The number of urea groups is 1. The number of anilines is 1. The van der Waals surface area contributed by atoms with Gasteiger partial charge in [0.2, 0.25) is 0 Å². The fraction of sp³-hybridized carbons (Fsp3) is 0.429. The molecule has 0 saturated heterocycles. The third-order valence-electron chi connectivity index (χ3n) is 2.66. The number of carbonyl (C=O) groups excluding carboxylic acids is 1. The maximum atomic E-state index is 12.1. The van der Waals surface area contributed by atoms with Gasteiger partial charge in [0.25, 0.3) is 0 Å². The van der Waals surface area contributed by atoms with E-state index in [0.717, 1.165) is 13.0 Å². The molecule has 110 valence electrons. The second-order valence-electron chi connectivity index (χ2n) is 4.70. The number of para-hydroxylation sites is 1. The van der Waals surface area contributed by atoms with Gasteiger partial charge in [-0.2, -0.15) is 0 Å². The lowest BCUT2D eigenvalue weighted by molar-refractivity contribution is -0.135. The summed E-state index contributed by atoms with van der Waals surface area (Å²) in [5, 5.41) is 11.6. The molecular formula is C14H21N3O3. The van der Waals surface area contributed by atoms with Gasteiger partial charge < -0.3 is 15.3 Å². The molecule has 0 unspecified atom stereocenters. The van der Waals surface area contributed by atoms with Crippen molar-refractivity contribution in [2.24, 2.45) is 0 Å². The Balaban J connectivity index is 2.59. The highest BCUT2D eigenvalue weighted by molar-refractivity contribution is 5.96. The maximum absolute atomic E-state index is 12.1. The van der Waals surface area contributed by atoms with Gasteiger partial charge in [0.15, 0.2) is 0 Å². The number of amides is 2. The number of rotatable bonds is 7. The molecule has 0 heterocycles. The predicted octanol–water partition coefficient (Wildman–Crippen LogP) is 1.24. The van der Waals surface area contributed by atoms with Crippen LogP contribution in [-0.4, -0.2) is 55.7 Å². The summed E-state index contributed by atoms with van der Waals surface area (Å²) in [6.07, 6.45) is 0.814. The zero-order valence-electron chi connectivity index (χ0n) is 11.9. The van der Waals surface area contributed by atoms with Crippen LogP contribution >= 0.6 is 0 Å². The molecule has 0 saturated carbocycles. The topological polar surface area (TPSA) is 72.9 Å². The van der Waals surface area contributed by atoms with Crippen LogP contribution in [0.4, 0.5) is 10.5 Å². The minimum atomic E-state index is -1.04. The summed E-state index contributed by atoms with van der Waals surface area (Å²) < 4.78 is 0. The monoisotopic (exact) mass is 279 g/mol. The van der Waals surface area contributed by atoms with E-state index in [1.165, 1.54) is 4.90 Å². The largest absolute Gasteiger partial charge is 0.480 e. The van der Waals surface area contributed by atoms with Gasteiger partial charge in [-0.15, -0.1) is 0 Å². The predicted molar refractivity (Wildman–Crippen MR) is 78.0 cm³/mol. The first-order valence-electron chi connectivity index (χ1n) is 6.47. The van der Waals surface area contributed by atoms with Crippen molar-refractivity contribution in [3.63, 3.8) is 0 Å². The van der Waals surface area contributed by atoms with Crippen LogP contribution in [0.3, 0.4) is 0 Å². The first-order valence-corrected chi connectivity index (χ1v) is 6.47. The van der Waals surface area contributed by atoms with Crippen LogP contribution in [0, 0.1) is 0 Å². The highest BCUT2D eigenvalue weighted by Crippen LogP contribution is 2.12. The molecule has 6 heteroatoms. The van der Waals surface area contributed by atoms with Crippen LogP contribution in [0.2, 0.25) is 0 Å². The van der Waals surface area contributed by atoms with Crippen molar-refractivity contribution in [2.45, 2.75) is 6.42 Å². The lowest BCUT2D eigenvalue weighted by Gasteiger charge is -2.21. The van der Waals surface area contributed by atoms with Gasteiger partial charge in [0, 0.05) is 12.2 Å². The van der Waals surface area contributed by atoms with Crippen molar-refractivity contribution in [3.05, 3.63) is 30.3 Å². The van der Waals surface area contributed by atoms with Crippen LogP contribution in [0.25, 0.3) is 0 Å². The second-order valence-corrected chi connectivity index (χ2v) is 4.70. The first-order chi connectivity index (χ1) is 9.50. The molecule has 1 aromatic rings. The van der Waals surface area contributed by atoms with Gasteiger partial charge in [0.05, 0.1) is 0 Å². The summed E-state index contributed by atoms with van der Waals surface area (Å²) in [5.41, 5.74) is 0.569. The van der Waals surface area contributed by atoms with Crippen LogP contribution in [0.1, 0.15) is 6.42 Å². The zero-order chi connectivity index (χ0) is 15.0. The molecule has 2 amide bonds. The first kappa shape index (κ1) is 16.0. The summed E-state index contributed by atoms with van der Waals surface area (Å²) in [5.74, 6) is -1.04. The van der Waals surface area contributed by atoms with Gasteiger partial charge in [0.1, 0.15) is 6.54 Å². The molecule has 0 fully saturated rings. The molecule has 20 heavy (non-hydrogen) atoms. The number of benzene rings is 1. The fourth-order valence-electron chi connectivity index (χ4n) is 1.71. The molecule has 0 aromatic heterocycles.